The fraction of sp³-hybridized carbons (Fsp3) is 0.0847. The van der Waals surface area contributed by atoms with E-state index in [2.05, 4.69) is 91.2 Å². The van der Waals surface area contributed by atoms with Crippen LogP contribution in [-0.4, -0.2) is 6.71 Å². The molecule has 0 N–H and O–H groups in total. The molecule has 2 nitrogen and oxygen atoms in total. The number of fused-ring (bicyclic) bond motifs is 4. The van der Waals surface area contributed by atoms with Gasteiger partial charge >= 0.3 is 12.4 Å². The Morgan fingerprint density at radius 3 is 1.04 bits per heavy atom. The van der Waals surface area contributed by atoms with Crippen molar-refractivity contribution in [1.29, 1.82) is 0 Å². The SMILES string of the molecule is Cc1ccc2c(c1)B1c3cc(C)ccc3N(c3c(-c4ccccc4)cccc3-c3ccc(C(F)(F)F)cc3)c3cc(C)cc(c31)N2c1c(-c2ccccc2)cccc1-c1ccc(C(F)(F)F)cc1. The molecule has 9 aromatic rings. The Labute approximate surface area is 391 Å². The van der Waals surface area contributed by atoms with Crippen molar-refractivity contribution in [1.82, 2.24) is 0 Å². The molecular formula is C59H41BF6N2. The maximum atomic E-state index is 14.0. The highest BCUT2D eigenvalue weighted by molar-refractivity contribution is 7.00. The number of halogens is 6. The Kier molecular flexibility index (Phi) is 10.2. The van der Waals surface area contributed by atoms with E-state index in [9.17, 15) is 26.3 Å². The first-order valence-corrected chi connectivity index (χ1v) is 22.4. The third kappa shape index (κ3) is 7.25. The maximum absolute atomic E-state index is 14.0. The van der Waals surface area contributed by atoms with Crippen LogP contribution in [0.25, 0.3) is 44.5 Å². The van der Waals surface area contributed by atoms with Gasteiger partial charge in [-0.05, 0) is 114 Å². The first-order valence-electron chi connectivity index (χ1n) is 22.4. The molecule has 0 atom stereocenters. The van der Waals surface area contributed by atoms with E-state index in [-0.39, 0.29) is 6.71 Å². The third-order valence-corrected chi connectivity index (χ3v) is 13.3. The van der Waals surface area contributed by atoms with E-state index in [0.717, 1.165) is 125 Å². The molecule has 68 heavy (non-hydrogen) atoms. The molecule has 2 heterocycles. The Hall–Kier alpha value is -7.78. The number of hydrogen-bond donors (Lipinski definition) is 0. The first kappa shape index (κ1) is 42.8. The largest absolute Gasteiger partial charge is 0.416 e. The lowest BCUT2D eigenvalue weighted by atomic mass is 9.33. The van der Waals surface area contributed by atoms with Crippen LogP contribution in [0.5, 0.6) is 0 Å². The summed E-state index contributed by atoms with van der Waals surface area (Å²) in [5.74, 6) is 0. The standard InChI is InChI=1S/C59H41BF6N2/c1-36-20-30-51-49(32-36)60-50-33-37(2)21-31-52(50)68(57-46(40-14-8-5-9-15-40)17-11-19-48(57)42-24-28-44(29-25-42)59(64,65)66)54-35-38(3)34-53(55(54)60)67(51)56-45(39-12-6-4-7-13-39)16-10-18-47(56)41-22-26-43(27-23-41)58(61,62)63/h4-35H,1-3H3. The summed E-state index contributed by atoms with van der Waals surface area (Å²) in [6.45, 7) is 5.98. The quantitative estimate of drug-likeness (QED) is 0.121. The summed E-state index contributed by atoms with van der Waals surface area (Å²) in [6, 6.07) is 60.2. The van der Waals surface area contributed by atoms with Gasteiger partial charge in [0.1, 0.15) is 0 Å². The van der Waals surface area contributed by atoms with Gasteiger partial charge in [0.05, 0.1) is 22.5 Å². The monoisotopic (exact) mass is 902 g/mol. The molecule has 0 aromatic heterocycles. The minimum atomic E-state index is -4.50. The zero-order chi connectivity index (χ0) is 47.1. The molecule has 0 bridgehead atoms. The van der Waals surface area contributed by atoms with Gasteiger partial charge < -0.3 is 9.80 Å². The molecule has 0 fully saturated rings. The lowest BCUT2D eigenvalue weighted by Crippen LogP contribution is -2.61. The molecule has 2 aliphatic rings. The van der Waals surface area contributed by atoms with Crippen molar-refractivity contribution in [2.24, 2.45) is 0 Å². The molecule has 0 amide bonds. The molecule has 0 saturated heterocycles. The topological polar surface area (TPSA) is 6.48 Å². The van der Waals surface area contributed by atoms with Gasteiger partial charge in [0.25, 0.3) is 6.71 Å². The predicted octanol–water partition coefficient (Wildman–Crippen LogP) is 15.4. The van der Waals surface area contributed by atoms with E-state index in [1.165, 1.54) is 0 Å². The second-order valence-corrected chi connectivity index (χ2v) is 17.7. The Bertz CT molecular complexity index is 3180. The van der Waals surface area contributed by atoms with Crippen molar-refractivity contribution < 1.29 is 26.3 Å². The van der Waals surface area contributed by atoms with Crippen LogP contribution in [0.15, 0.2) is 194 Å². The second kappa shape index (κ2) is 16.2. The van der Waals surface area contributed by atoms with E-state index < -0.39 is 23.5 Å². The van der Waals surface area contributed by atoms with Crippen LogP contribution in [0.4, 0.5) is 60.5 Å². The molecule has 2 aliphatic heterocycles. The van der Waals surface area contributed by atoms with E-state index in [4.69, 9.17) is 0 Å². The predicted molar refractivity (Wildman–Crippen MR) is 266 cm³/mol. The summed E-state index contributed by atoms with van der Waals surface area (Å²) >= 11 is 0. The Morgan fingerprint density at radius 2 is 0.691 bits per heavy atom. The van der Waals surface area contributed by atoms with Crippen LogP contribution < -0.4 is 26.2 Å². The first-order chi connectivity index (χ1) is 32.7. The number of benzene rings is 9. The third-order valence-electron chi connectivity index (χ3n) is 13.3. The Morgan fingerprint density at radius 1 is 0.338 bits per heavy atom. The van der Waals surface area contributed by atoms with Crippen LogP contribution in [0.1, 0.15) is 27.8 Å². The fourth-order valence-electron chi connectivity index (χ4n) is 10.3. The zero-order valence-electron chi connectivity index (χ0n) is 37.2. The van der Waals surface area contributed by atoms with Crippen LogP contribution in [0.3, 0.4) is 0 Å². The summed E-state index contributed by atoms with van der Waals surface area (Å²) < 4.78 is 84.2. The average Bonchev–Trinajstić information content (AvgIpc) is 3.33. The molecule has 0 unspecified atom stereocenters. The highest BCUT2D eigenvalue weighted by Crippen LogP contribution is 2.53. The molecule has 9 heteroatoms. The number of para-hydroxylation sites is 2. The van der Waals surface area contributed by atoms with Crippen LogP contribution in [-0.2, 0) is 12.4 Å². The average molecular weight is 903 g/mol. The van der Waals surface area contributed by atoms with E-state index >= 15 is 0 Å². The number of anilines is 6. The summed E-state index contributed by atoms with van der Waals surface area (Å²) in [5.41, 5.74) is 16.5. The zero-order valence-corrected chi connectivity index (χ0v) is 37.2. The molecule has 9 aromatic carbocycles. The van der Waals surface area contributed by atoms with Crippen LogP contribution in [0, 0.1) is 20.8 Å². The molecule has 332 valence electrons. The lowest BCUT2D eigenvalue weighted by molar-refractivity contribution is -0.138. The molecule has 0 spiro atoms. The minimum absolute atomic E-state index is 0.255. The van der Waals surface area contributed by atoms with Gasteiger partial charge in [-0.3, -0.25) is 0 Å². The number of hydrogen-bond acceptors (Lipinski definition) is 2. The number of rotatable bonds is 6. The van der Waals surface area contributed by atoms with Gasteiger partial charge in [-0.2, -0.15) is 26.3 Å². The van der Waals surface area contributed by atoms with Gasteiger partial charge in [0, 0.05) is 45.0 Å². The van der Waals surface area contributed by atoms with Gasteiger partial charge in [-0.15, -0.1) is 0 Å². The Balaban J connectivity index is 1.25. The van der Waals surface area contributed by atoms with Crippen molar-refractivity contribution in [2.75, 3.05) is 9.80 Å². The van der Waals surface area contributed by atoms with E-state index in [1.54, 1.807) is 24.3 Å². The summed E-state index contributed by atoms with van der Waals surface area (Å²) in [6.07, 6.45) is -9.00. The summed E-state index contributed by atoms with van der Waals surface area (Å²) in [7, 11) is 0. The molecular weight excluding hydrogens is 861 g/mol. The van der Waals surface area contributed by atoms with Crippen molar-refractivity contribution in [3.05, 3.63) is 222 Å². The normalized spacial score (nSPS) is 13.0. The highest BCUT2D eigenvalue weighted by Gasteiger charge is 2.45. The highest BCUT2D eigenvalue weighted by atomic mass is 19.4. The van der Waals surface area contributed by atoms with Gasteiger partial charge in [0.2, 0.25) is 0 Å². The second-order valence-electron chi connectivity index (χ2n) is 17.7. The maximum Gasteiger partial charge on any atom is 0.416 e. The van der Waals surface area contributed by atoms with Gasteiger partial charge in [-0.1, -0.05) is 157 Å². The molecule has 0 radical (unpaired) electrons. The van der Waals surface area contributed by atoms with E-state index in [0.29, 0.717) is 11.1 Å². The smallest absolute Gasteiger partial charge is 0.310 e. The van der Waals surface area contributed by atoms with Gasteiger partial charge in [0.15, 0.2) is 0 Å². The van der Waals surface area contributed by atoms with Crippen molar-refractivity contribution in [2.45, 2.75) is 33.1 Å². The molecule has 11 rings (SSSR count). The fourth-order valence-corrected chi connectivity index (χ4v) is 10.3. The molecule has 0 saturated carbocycles. The van der Waals surface area contributed by atoms with Crippen LogP contribution >= 0.6 is 0 Å². The number of aryl methyl sites for hydroxylation is 3. The van der Waals surface area contributed by atoms with Crippen molar-refractivity contribution in [3.63, 3.8) is 0 Å². The number of nitrogens with zero attached hydrogens (tertiary/aromatic N) is 2. The lowest BCUT2D eigenvalue weighted by Gasteiger charge is -2.46. The van der Waals surface area contributed by atoms with Crippen LogP contribution in [0.2, 0.25) is 0 Å². The molecule has 0 aliphatic carbocycles. The van der Waals surface area contributed by atoms with Crippen molar-refractivity contribution >= 4 is 57.2 Å². The minimum Gasteiger partial charge on any atom is -0.310 e. The summed E-state index contributed by atoms with van der Waals surface area (Å²) in [5, 5.41) is 0. The van der Waals surface area contributed by atoms with E-state index in [1.807, 2.05) is 84.9 Å². The van der Waals surface area contributed by atoms with Gasteiger partial charge in [-0.25, -0.2) is 0 Å². The van der Waals surface area contributed by atoms with Crippen molar-refractivity contribution in [3.8, 4) is 44.5 Å². The summed E-state index contributed by atoms with van der Waals surface area (Å²) in [4.78, 5) is 4.59. The number of alkyl halides is 6.